The molecule has 4 aromatic rings. The maximum atomic E-state index is 15.2. The van der Waals surface area contributed by atoms with E-state index in [2.05, 4.69) is 33.5 Å². The highest BCUT2D eigenvalue weighted by molar-refractivity contribution is 7.91. The maximum absolute atomic E-state index is 15.2. The van der Waals surface area contributed by atoms with E-state index in [9.17, 15) is 8.42 Å². The van der Waals surface area contributed by atoms with E-state index in [1.807, 2.05) is 12.1 Å². The number of nitrogens with zero attached hydrogens (tertiary/aromatic N) is 3. The fourth-order valence-electron chi connectivity index (χ4n) is 5.39. The maximum Gasteiger partial charge on any atom is 0.300 e. The highest BCUT2D eigenvalue weighted by Gasteiger charge is 2.24. The first-order valence-electron chi connectivity index (χ1n) is 13.4. The number of oxazole rings is 1. The van der Waals surface area contributed by atoms with Crippen LogP contribution in [0, 0.1) is 18.6 Å². The number of rotatable bonds is 6. The second-order valence-corrected chi connectivity index (χ2v) is 12.7. The van der Waals surface area contributed by atoms with Crippen molar-refractivity contribution in [2.45, 2.75) is 13.5 Å². The van der Waals surface area contributed by atoms with Gasteiger partial charge in [-0.25, -0.2) is 17.2 Å². The standard InChI is InChI=1S/C29H31F2N5O3S/c1-19-15-21(5-6-27(19)36-9-7-32-8-10-36)33-29-34-26-4-2-3-22(28(26)39-29)20-16-24(30)23(25(31)17-20)18-35-11-13-40(37,38)14-12-35/h2-6,15-17,32H,7-14,18H2,1H3,(H,33,34). The van der Waals surface area contributed by atoms with Gasteiger partial charge < -0.3 is 20.0 Å². The van der Waals surface area contributed by atoms with E-state index in [1.54, 1.807) is 23.1 Å². The van der Waals surface area contributed by atoms with Gasteiger partial charge in [-0.15, -0.1) is 0 Å². The number of para-hydroxylation sites is 1. The molecule has 2 N–H and O–H groups in total. The minimum atomic E-state index is -3.07. The van der Waals surface area contributed by atoms with Gasteiger partial charge in [0.25, 0.3) is 6.01 Å². The number of aryl methyl sites for hydroxylation is 1. The van der Waals surface area contributed by atoms with E-state index in [1.165, 1.54) is 17.8 Å². The Bertz CT molecular complexity index is 1630. The number of anilines is 3. The van der Waals surface area contributed by atoms with Crippen molar-refractivity contribution in [3.05, 3.63) is 71.3 Å². The molecular formula is C29H31F2N5O3S. The van der Waals surface area contributed by atoms with E-state index in [4.69, 9.17) is 4.42 Å². The third-order valence-corrected chi connectivity index (χ3v) is 9.20. The Morgan fingerprint density at radius 3 is 2.42 bits per heavy atom. The molecule has 6 rings (SSSR count). The molecule has 1 aromatic heterocycles. The molecule has 2 aliphatic rings. The van der Waals surface area contributed by atoms with Crippen LogP contribution < -0.4 is 15.5 Å². The lowest BCUT2D eigenvalue weighted by Crippen LogP contribution is -2.43. The highest BCUT2D eigenvalue weighted by Crippen LogP contribution is 2.34. The Labute approximate surface area is 231 Å². The molecule has 0 radical (unpaired) electrons. The summed E-state index contributed by atoms with van der Waals surface area (Å²) in [6, 6.07) is 14.3. The average molecular weight is 568 g/mol. The van der Waals surface area contributed by atoms with E-state index < -0.39 is 21.5 Å². The van der Waals surface area contributed by atoms with Crippen molar-refractivity contribution < 1.29 is 21.6 Å². The van der Waals surface area contributed by atoms with Crippen molar-refractivity contribution >= 4 is 38.3 Å². The molecule has 3 heterocycles. The lowest BCUT2D eigenvalue weighted by atomic mass is 10.0. The normalized spacial score (nSPS) is 17.8. The van der Waals surface area contributed by atoms with Gasteiger partial charge in [0.05, 0.1) is 11.5 Å². The summed E-state index contributed by atoms with van der Waals surface area (Å²) in [4.78, 5) is 8.67. The molecule has 210 valence electrons. The zero-order valence-electron chi connectivity index (χ0n) is 22.2. The second-order valence-electron chi connectivity index (χ2n) is 10.4. The smallest absolute Gasteiger partial charge is 0.300 e. The fraction of sp³-hybridized carbons (Fsp3) is 0.345. The number of nitrogens with one attached hydrogen (secondary N) is 2. The van der Waals surface area contributed by atoms with Crippen LogP contribution in [0.25, 0.3) is 22.2 Å². The van der Waals surface area contributed by atoms with Gasteiger partial charge in [-0.05, 0) is 54.4 Å². The summed E-state index contributed by atoms with van der Waals surface area (Å²) in [5, 5.41) is 6.59. The van der Waals surface area contributed by atoms with Crippen molar-refractivity contribution in [2.75, 3.05) is 61.0 Å². The van der Waals surface area contributed by atoms with Crippen LogP contribution in [0.5, 0.6) is 0 Å². The zero-order valence-corrected chi connectivity index (χ0v) is 23.0. The minimum absolute atomic E-state index is 0.00193. The Kier molecular flexibility index (Phi) is 7.20. The fourth-order valence-corrected chi connectivity index (χ4v) is 6.67. The summed E-state index contributed by atoms with van der Waals surface area (Å²) in [7, 11) is -3.07. The first kappa shape index (κ1) is 26.7. The largest absolute Gasteiger partial charge is 0.423 e. The second kappa shape index (κ2) is 10.8. The molecule has 3 aromatic carbocycles. The number of hydrogen-bond acceptors (Lipinski definition) is 8. The molecule has 0 amide bonds. The number of halogens is 2. The molecule has 0 bridgehead atoms. The monoisotopic (exact) mass is 567 g/mol. The van der Waals surface area contributed by atoms with Crippen molar-refractivity contribution in [2.24, 2.45) is 0 Å². The Hall–Kier alpha value is -3.54. The third kappa shape index (κ3) is 5.54. The van der Waals surface area contributed by atoms with Gasteiger partial charge in [0, 0.05) is 68.3 Å². The first-order valence-corrected chi connectivity index (χ1v) is 15.2. The molecule has 2 fully saturated rings. The van der Waals surface area contributed by atoms with Crippen LogP contribution >= 0.6 is 0 Å². The Morgan fingerprint density at radius 1 is 1.00 bits per heavy atom. The predicted octanol–water partition coefficient (Wildman–Crippen LogP) is 4.47. The lowest BCUT2D eigenvalue weighted by molar-refractivity contribution is 0.278. The minimum Gasteiger partial charge on any atom is -0.423 e. The van der Waals surface area contributed by atoms with Gasteiger partial charge in [-0.3, -0.25) is 4.90 Å². The van der Waals surface area contributed by atoms with E-state index in [0.717, 1.165) is 37.4 Å². The summed E-state index contributed by atoms with van der Waals surface area (Å²) in [6.45, 7) is 6.46. The van der Waals surface area contributed by atoms with Crippen LogP contribution in [-0.2, 0) is 16.4 Å². The molecule has 11 heteroatoms. The third-order valence-electron chi connectivity index (χ3n) is 7.59. The van der Waals surface area contributed by atoms with Gasteiger partial charge in [-0.2, -0.15) is 4.98 Å². The quantitative estimate of drug-likeness (QED) is 0.353. The van der Waals surface area contributed by atoms with E-state index in [0.29, 0.717) is 22.2 Å². The van der Waals surface area contributed by atoms with E-state index >= 15 is 8.78 Å². The van der Waals surface area contributed by atoms with Crippen molar-refractivity contribution in [3.63, 3.8) is 0 Å². The molecule has 0 spiro atoms. The van der Waals surface area contributed by atoms with Crippen LogP contribution in [-0.4, -0.2) is 69.1 Å². The molecule has 40 heavy (non-hydrogen) atoms. The summed E-state index contributed by atoms with van der Waals surface area (Å²) in [5.41, 5.74) is 4.94. The number of sulfone groups is 1. The van der Waals surface area contributed by atoms with Crippen LogP contribution in [0.4, 0.5) is 26.2 Å². The van der Waals surface area contributed by atoms with Gasteiger partial charge in [0.15, 0.2) is 15.4 Å². The Balaban J connectivity index is 1.23. The number of benzene rings is 3. The van der Waals surface area contributed by atoms with Gasteiger partial charge >= 0.3 is 0 Å². The van der Waals surface area contributed by atoms with E-state index in [-0.39, 0.29) is 42.7 Å². The number of aromatic nitrogens is 1. The zero-order chi connectivity index (χ0) is 27.9. The van der Waals surface area contributed by atoms with Crippen molar-refractivity contribution in [1.82, 2.24) is 15.2 Å². The highest BCUT2D eigenvalue weighted by atomic mass is 32.2. The number of hydrogen-bond donors (Lipinski definition) is 2. The van der Waals surface area contributed by atoms with Crippen LogP contribution in [0.3, 0.4) is 0 Å². The van der Waals surface area contributed by atoms with Gasteiger partial charge in [0.1, 0.15) is 17.2 Å². The van der Waals surface area contributed by atoms with Gasteiger partial charge in [0.2, 0.25) is 0 Å². The molecule has 0 atom stereocenters. The van der Waals surface area contributed by atoms with Gasteiger partial charge in [-0.1, -0.05) is 12.1 Å². The molecule has 8 nitrogen and oxygen atoms in total. The number of fused-ring (bicyclic) bond motifs is 1. The average Bonchev–Trinajstić information content (AvgIpc) is 3.34. The van der Waals surface area contributed by atoms with Crippen LogP contribution in [0.2, 0.25) is 0 Å². The summed E-state index contributed by atoms with van der Waals surface area (Å²) in [6.07, 6.45) is 0. The number of piperazine rings is 1. The SMILES string of the molecule is Cc1cc(Nc2nc3cccc(-c4cc(F)c(CN5CCS(=O)(=O)CC5)c(F)c4)c3o2)ccc1N1CCNCC1. The van der Waals surface area contributed by atoms with Crippen LogP contribution in [0.15, 0.2) is 52.9 Å². The van der Waals surface area contributed by atoms with Crippen LogP contribution in [0.1, 0.15) is 11.1 Å². The first-order chi connectivity index (χ1) is 19.3. The molecule has 0 aliphatic carbocycles. The van der Waals surface area contributed by atoms with Crippen molar-refractivity contribution in [3.8, 4) is 11.1 Å². The molecule has 2 aliphatic heterocycles. The predicted molar refractivity (Wildman–Crippen MR) is 153 cm³/mol. The molecule has 0 unspecified atom stereocenters. The lowest BCUT2D eigenvalue weighted by Gasteiger charge is -2.30. The summed E-state index contributed by atoms with van der Waals surface area (Å²) >= 11 is 0. The molecular weight excluding hydrogens is 536 g/mol. The molecule has 0 saturated carbocycles. The Morgan fingerprint density at radius 2 is 1.73 bits per heavy atom. The summed E-state index contributed by atoms with van der Waals surface area (Å²) < 4.78 is 59.7. The van der Waals surface area contributed by atoms with Crippen molar-refractivity contribution in [1.29, 1.82) is 0 Å². The molecule has 2 saturated heterocycles. The topological polar surface area (TPSA) is 90.7 Å². The summed E-state index contributed by atoms with van der Waals surface area (Å²) in [5.74, 6) is -1.37.